The zero-order valence-electron chi connectivity index (χ0n) is 13.0. The fraction of sp³-hybridized carbons (Fsp3) is 0.467. The van der Waals surface area contributed by atoms with E-state index in [-0.39, 0.29) is 55.4 Å². The van der Waals surface area contributed by atoms with Crippen LogP contribution in [0, 0.1) is 5.92 Å². The number of rotatable bonds is 7. The van der Waals surface area contributed by atoms with Gasteiger partial charge in [-0.3, -0.25) is 9.59 Å². The van der Waals surface area contributed by atoms with Crippen molar-refractivity contribution in [2.75, 3.05) is 13.2 Å². The Morgan fingerprint density at radius 1 is 1.17 bits per heavy atom. The number of hydrogen-bond acceptors (Lipinski definition) is 7. The maximum atomic E-state index is 11.8. The van der Waals surface area contributed by atoms with Gasteiger partial charge in [0.05, 0.1) is 13.2 Å². The van der Waals surface area contributed by atoms with Crippen molar-refractivity contribution in [3.63, 3.8) is 0 Å². The van der Waals surface area contributed by atoms with Gasteiger partial charge in [0.2, 0.25) is 0 Å². The largest absolute Gasteiger partial charge is 0.504 e. The van der Waals surface area contributed by atoms with Crippen LogP contribution in [0.2, 0.25) is 0 Å². The molecule has 2 atom stereocenters. The van der Waals surface area contributed by atoms with Crippen molar-refractivity contribution in [1.82, 2.24) is 0 Å². The molecule has 23 heavy (non-hydrogen) atoms. The number of halogens is 1. The molecule has 0 aliphatic carbocycles. The van der Waals surface area contributed by atoms with Crippen molar-refractivity contribution in [2.45, 2.75) is 26.3 Å². The van der Waals surface area contributed by atoms with E-state index >= 15 is 0 Å². The van der Waals surface area contributed by atoms with Crippen molar-refractivity contribution in [3.05, 3.63) is 23.8 Å². The fourth-order valence-electron chi connectivity index (χ4n) is 1.67. The van der Waals surface area contributed by atoms with Crippen LogP contribution < -0.4 is 5.73 Å². The topological polar surface area (TPSA) is 119 Å². The number of phenols is 2. The zero-order valence-corrected chi connectivity index (χ0v) is 13.8. The van der Waals surface area contributed by atoms with Gasteiger partial charge in [-0.25, -0.2) is 0 Å². The summed E-state index contributed by atoms with van der Waals surface area (Å²) in [6, 6.07) is 3.34. The SMILES string of the molecule is CC(=O)OCC(C)COC(=O)[C@@H](N)Cc1ccc(O)c(O)c1.Cl. The van der Waals surface area contributed by atoms with E-state index in [1.807, 2.05) is 0 Å². The van der Waals surface area contributed by atoms with Gasteiger partial charge >= 0.3 is 11.9 Å². The Balaban J connectivity index is 0.00000484. The summed E-state index contributed by atoms with van der Waals surface area (Å²) < 4.78 is 9.86. The number of aromatic hydroxyl groups is 2. The Labute approximate surface area is 140 Å². The van der Waals surface area contributed by atoms with Crippen molar-refractivity contribution < 1.29 is 29.3 Å². The Hall–Kier alpha value is -1.99. The zero-order chi connectivity index (χ0) is 16.7. The number of ether oxygens (including phenoxy) is 2. The predicted octanol–water partition coefficient (Wildman–Crippen LogP) is 1.13. The molecule has 0 fully saturated rings. The number of phenolic OH excluding ortho intramolecular Hbond substituents is 2. The number of hydrogen-bond donors (Lipinski definition) is 3. The first-order valence-electron chi connectivity index (χ1n) is 6.86. The molecule has 1 rings (SSSR count). The van der Waals surface area contributed by atoms with Gasteiger partial charge in [0.1, 0.15) is 6.04 Å². The first-order chi connectivity index (χ1) is 10.3. The Morgan fingerprint density at radius 3 is 2.35 bits per heavy atom. The lowest BCUT2D eigenvalue weighted by Gasteiger charge is -2.15. The van der Waals surface area contributed by atoms with Crippen molar-refractivity contribution in [2.24, 2.45) is 11.7 Å². The van der Waals surface area contributed by atoms with Crippen LogP contribution >= 0.6 is 12.4 Å². The van der Waals surface area contributed by atoms with Gasteiger partial charge in [-0.05, 0) is 24.1 Å². The number of benzene rings is 1. The minimum atomic E-state index is -0.884. The normalized spacial score (nSPS) is 12.7. The molecule has 0 aliphatic rings. The number of esters is 2. The standard InChI is InChI=1S/C15H21NO6.ClH/c1-9(7-21-10(2)17)8-22-15(20)12(16)5-11-3-4-13(18)14(19)6-11;/h3-4,6,9,12,18-19H,5,7-8,16H2,1-2H3;1H/t9?,12-;/m0./s1. The highest BCUT2D eigenvalue weighted by Crippen LogP contribution is 2.25. The van der Waals surface area contributed by atoms with E-state index in [2.05, 4.69) is 0 Å². The number of carbonyl (C=O) groups excluding carboxylic acids is 2. The van der Waals surface area contributed by atoms with E-state index < -0.39 is 12.0 Å². The molecule has 0 aromatic heterocycles. The Kier molecular flexibility index (Phi) is 9.05. The third-order valence-corrected chi connectivity index (χ3v) is 2.88. The molecule has 8 heteroatoms. The Bertz CT molecular complexity index is 537. The molecule has 1 unspecified atom stereocenters. The molecule has 0 radical (unpaired) electrons. The van der Waals surface area contributed by atoms with Gasteiger partial charge in [0.25, 0.3) is 0 Å². The maximum absolute atomic E-state index is 11.8. The molecule has 0 bridgehead atoms. The third-order valence-electron chi connectivity index (χ3n) is 2.88. The van der Waals surface area contributed by atoms with Crippen LogP contribution in [0.4, 0.5) is 0 Å². The summed E-state index contributed by atoms with van der Waals surface area (Å²) in [6.07, 6.45) is 0.172. The first kappa shape index (κ1) is 21.0. The molecule has 0 heterocycles. The summed E-state index contributed by atoms with van der Waals surface area (Å²) in [6.45, 7) is 3.35. The monoisotopic (exact) mass is 347 g/mol. The second-order valence-electron chi connectivity index (χ2n) is 5.17. The molecule has 0 saturated heterocycles. The van der Waals surface area contributed by atoms with Crippen LogP contribution in [0.15, 0.2) is 18.2 Å². The fourth-order valence-corrected chi connectivity index (χ4v) is 1.67. The van der Waals surface area contributed by atoms with E-state index in [1.54, 1.807) is 13.0 Å². The van der Waals surface area contributed by atoms with Crippen molar-refractivity contribution in [1.29, 1.82) is 0 Å². The van der Waals surface area contributed by atoms with Crippen LogP contribution in [0.3, 0.4) is 0 Å². The molecule has 1 aromatic rings. The van der Waals surface area contributed by atoms with Gasteiger partial charge in [-0.2, -0.15) is 0 Å². The molecule has 130 valence electrons. The van der Waals surface area contributed by atoms with Crippen molar-refractivity contribution >= 4 is 24.3 Å². The molecular weight excluding hydrogens is 326 g/mol. The van der Waals surface area contributed by atoms with Crippen LogP contribution in [-0.2, 0) is 25.5 Å². The van der Waals surface area contributed by atoms with Gasteiger partial charge < -0.3 is 25.4 Å². The second kappa shape index (κ2) is 9.91. The second-order valence-corrected chi connectivity index (χ2v) is 5.17. The highest BCUT2D eigenvalue weighted by atomic mass is 35.5. The predicted molar refractivity (Wildman–Crippen MR) is 85.5 cm³/mol. The summed E-state index contributed by atoms with van der Waals surface area (Å²) in [5, 5.41) is 18.6. The molecule has 1 aromatic carbocycles. The van der Waals surface area contributed by atoms with Gasteiger partial charge in [-0.1, -0.05) is 13.0 Å². The quantitative estimate of drug-likeness (QED) is 0.499. The van der Waals surface area contributed by atoms with E-state index in [9.17, 15) is 19.8 Å². The summed E-state index contributed by atoms with van der Waals surface area (Å²) in [5.74, 6) is -1.60. The number of nitrogens with two attached hydrogens (primary N) is 1. The molecular formula is C15H22ClNO6. The van der Waals surface area contributed by atoms with E-state index in [0.717, 1.165) is 0 Å². The lowest BCUT2D eigenvalue weighted by molar-refractivity contribution is -0.148. The van der Waals surface area contributed by atoms with Gasteiger partial charge in [0, 0.05) is 12.8 Å². The van der Waals surface area contributed by atoms with Crippen LogP contribution in [0.1, 0.15) is 19.4 Å². The summed E-state index contributed by atoms with van der Waals surface area (Å²) in [5.41, 5.74) is 6.35. The molecule has 0 saturated carbocycles. The molecule has 0 amide bonds. The van der Waals surface area contributed by atoms with Gasteiger partial charge in [-0.15, -0.1) is 12.4 Å². The van der Waals surface area contributed by atoms with Crippen LogP contribution in [0.5, 0.6) is 11.5 Å². The van der Waals surface area contributed by atoms with Crippen molar-refractivity contribution in [3.8, 4) is 11.5 Å². The lowest BCUT2D eigenvalue weighted by Crippen LogP contribution is -2.35. The Morgan fingerprint density at radius 2 is 1.78 bits per heavy atom. The van der Waals surface area contributed by atoms with E-state index in [1.165, 1.54) is 19.1 Å². The van der Waals surface area contributed by atoms with E-state index in [0.29, 0.717) is 5.56 Å². The summed E-state index contributed by atoms with van der Waals surface area (Å²) >= 11 is 0. The summed E-state index contributed by atoms with van der Waals surface area (Å²) in [4.78, 5) is 22.4. The lowest BCUT2D eigenvalue weighted by atomic mass is 10.1. The van der Waals surface area contributed by atoms with Gasteiger partial charge in [0.15, 0.2) is 11.5 Å². The van der Waals surface area contributed by atoms with Crippen LogP contribution in [0.25, 0.3) is 0 Å². The van der Waals surface area contributed by atoms with Crippen LogP contribution in [-0.4, -0.2) is 41.4 Å². The highest BCUT2D eigenvalue weighted by Gasteiger charge is 2.18. The molecule has 4 N–H and O–H groups in total. The number of carbonyl (C=O) groups is 2. The minimum absolute atomic E-state index is 0. The maximum Gasteiger partial charge on any atom is 0.323 e. The average Bonchev–Trinajstić information content (AvgIpc) is 2.46. The molecule has 7 nitrogen and oxygen atoms in total. The third kappa shape index (κ3) is 7.71. The smallest absolute Gasteiger partial charge is 0.323 e. The summed E-state index contributed by atoms with van der Waals surface area (Å²) in [7, 11) is 0. The van der Waals surface area contributed by atoms with E-state index in [4.69, 9.17) is 15.2 Å². The molecule has 0 spiro atoms. The molecule has 0 aliphatic heterocycles. The first-order valence-corrected chi connectivity index (χ1v) is 6.86. The average molecular weight is 348 g/mol. The minimum Gasteiger partial charge on any atom is -0.504 e. The highest BCUT2D eigenvalue weighted by molar-refractivity contribution is 5.85.